The minimum absolute atomic E-state index is 0.0218. The van der Waals surface area contributed by atoms with Gasteiger partial charge in [-0.15, -0.1) is 0 Å². The zero-order chi connectivity index (χ0) is 13.1. The van der Waals surface area contributed by atoms with E-state index in [2.05, 4.69) is 42.9 Å². The van der Waals surface area contributed by atoms with Crippen molar-refractivity contribution in [1.29, 1.82) is 0 Å². The average molecular weight is 266 g/mol. The lowest BCUT2D eigenvalue weighted by molar-refractivity contribution is -0.131. The van der Waals surface area contributed by atoms with Gasteiger partial charge in [-0.25, -0.2) is 0 Å². The Morgan fingerprint density at radius 1 is 1.50 bits per heavy atom. The first kappa shape index (κ1) is 13.6. The molecule has 1 saturated heterocycles. The number of nitrogens with one attached hydrogen (secondary N) is 1. The van der Waals surface area contributed by atoms with Crippen LogP contribution in [0, 0.1) is 5.92 Å². The van der Waals surface area contributed by atoms with E-state index < -0.39 is 0 Å². The van der Waals surface area contributed by atoms with Gasteiger partial charge in [-0.1, -0.05) is 27.2 Å². The van der Waals surface area contributed by atoms with E-state index in [1.54, 1.807) is 11.3 Å². The fourth-order valence-electron chi connectivity index (χ4n) is 2.47. The number of amides is 1. The molecule has 0 saturated carbocycles. The van der Waals surface area contributed by atoms with Gasteiger partial charge < -0.3 is 4.90 Å². The number of hydrogen-bond acceptors (Lipinski definition) is 3. The minimum atomic E-state index is -0.0218. The number of rotatable bonds is 5. The van der Waals surface area contributed by atoms with Crippen molar-refractivity contribution in [2.45, 2.75) is 45.8 Å². The summed E-state index contributed by atoms with van der Waals surface area (Å²) < 4.78 is 0. The molecule has 1 aliphatic rings. The van der Waals surface area contributed by atoms with Crippen molar-refractivity contribution in [3.63, 3.8) is 0 Å². The molecule has 2 heterocycles. The highest BCUT2D eigenvalue weighted by molar-refractivity contribution is 7.07. The summed E-state index contributed by atoms with van der Waals surface area (Å²) in [6.45, 7) is 7.24. The Hall–Kier alpha value is -0.870. The molecule has 1 fully saturated rings. The fraction of sp³-hybridized carbons (Fsp3) is 0.643. The first-order valence-corrected chi connectivity index (χ1v) is 7.71. The van der Waals surface area contributed by atoms with Crippen LogP contribution in [-0.2, 0) is 4.79 Å². The van der Waals surface area contributed by atoms with Crippen LogP contribution in [0.1, 0.15) is 45.3 Å². The molecular formula is C14H22N2OS. The topological polar surface area (TPSA) is 32.3 Å². The molecule has 3 unspecified atom stereocenters. The van der Waals surface area contributed by atoms with Gasteiger partial charge in [0, 0.05) is 6.54 Å². The van der Waals surface area contributed by atoms with Crippen LogP contribution in [-0.4, -0.2) is 23.4 Å². The predicted molar refractivity (Wildman–Crippen MR) is 75.4 cm³/mol. The van der Waals surface area contributed by atoms with Gasteiger partial charge in [0.25, 0.3) is 0 Å². The van der Waals surface area contributed by atoms with E-state index in [1.807, 2.05) is 4.90 Å². The van der Waals surface area contributed by atoms with Gasteiger partial charge in [0.2, 0.25) is 5.91 Å². The maximum Gasteiger partial charge on any atom is 0.241 e. The maximum atomic E-state index is 12.5. The zero-order valence-corrected chi connectivity index (χ0v) is 12.2. The monoisotopic (exact) mass is 266 g/mol. The lowest BCUT2D eigenvalue weighted by atomic mass is 9.99. The van der Waals surface area contributed by atoms with E-state index in [4.69, 9.17) is 0 Å². The highest BCUT2D eigenvalue weighted by atomic mass is 32.1. The third-order valence-corrected chi connectivity index (χ3v) is 4.44. The van der Waals surface area contributed by atoms with Crippen LogP contribution in [0.25, 0.3) is 0 Å². The highest BCUT2D eigenvalue weighted by Gasteiger charge is 2.41. The van der Waals surface area contributed by atoms with Gasteiger partial charge in [-0.3, -0.25) is 10.1 Å². The Balaban J connectivity index is 2.21. The molecule has 4 heteroatoms. The van der Waals surface area contributed by atoms with Crippen LogP contribution in [0.5, 0.6) is 0 Å². The van der Waals surface area contributed by atoms with Crippen molar-refractivity contribution in [3.05, 3.63) is 22.4 Å². The molecule has 1 aromatic heterocycles. The Labute approximate surface area is 113 Å². The highest BCUT2D eigenvalue weighted by Crippen LogP contribution is 2.30. The summed E-state index contributed by atoms with van der Waals surface area (Å²) >= 11 is 1.69. The molecule has 1 aliphatic heterocycles. The van der Waals surface area contributed by atoms with Crippen molar-refractivity contribution < 1.29 is 4.79 Å². The number of carbonyl (C=O) groups is 1. The van der Waals surface area contributed by atoms with Gasteiger partial charge in [0.05, 0.1) is 6.04 Å². The van der Waals surface area contributed by atoms with E-state index in [0.29, 0.717) is 5.92 Å². The number of hydrogen-bond donors (Lipinski definition) is 1. The summed E-state index contributed by atoms with van der Waals surface area (Å²) in [4.78, 5) is 14.5. The van der Waals surface area contributed by atoms with E-state index >= 15 is 0 Å². The van der Waals surface area contributed by atoms with Crippen molar-refractivity contribution >= 4 is 17.2 Å². The molecule has 1 amide bonds. The van der Waals surface area contributed by atoms with Crippen molar-refractivity contribution in [1.82, 2.24) is 10.2 Å². The number of nitrogens with zero attached hydrogens (tertiary/aromatic N) is 1. The molecule has 0 radical (unpaired) electrons. The number of carbonyl (C=O) groups excluding carboxylic acids is 1. The summed E-state index contributed by atoms with van der Waals surface area (Å²) in [5.41, 5.74) is 1.22. The quantitative estimate of drug-likeness (QED) is 0.888. The minimum Gasteiger partial charge on any atom is -0.322 e. The van der Waals surface area contributed by atoms with E-state index in [0.717, 1.165) is 19.4 Å². The third kappa shape index (κ3) is 2.45. The van der Waals surface area contributed by atoms with E-state index in [1.165, 1.54) is 5.56 Å². The summed E-state index contributed by atoms with van der Waals surface area (Å²) in [7, 11) is 0. The molecule has 100 valence electrons. The average Bonchev–Trinajstić information content (AvgIpc) is 2.99. The molecule has 0 spiro atoms. The summed E-state index contributed by atoms with van der Waals surface area (Å²) in [6.07, 6.45) is 2.10. The Bertz CT molecular complexity index is 391. The van der Waals surface area contributed by atoms with Crippen LogP contribution >= 0.6 is 11.3 Å². The van der Waals surface area contributed by atoms with Crippen LogP contribution in [0.15, 0.2) is 16.8 Å². The van der Waals surface area contributed by atoms with Crippen molar-refractivity contribution in [2.24, 2.45) is 5.92 Å². The Kier molecular flexibility index (Phi) is 4.40. The fourth-order valence-corrected chi connectivity index (χ4v) is 3.15. The van der Waals surface area contributed by atoms with Crippen LogP contribution in [0.4, 0.5) is 0 Å². The zero-order valence-electron chi connectivity index (χ0n) is 11.3. The van der Waals surface area contributed by atoms with Gasteiger partial charge in [0.15, 0.2) is 0 Å². The predicted octanol–water partition coefficient (Wildman–Crippen LogP) is 3.00. The standard InChI is InChI=1S/C14H22N2OS/c1-4-7-16-13(11-6-8-18-9-11)15-12(14(16)17)10(3)5-2/h6,8-10,12-13,15H,4-5,7H2,1-3H3. The van der Waals surface area contributed by atoms with Crippen molar-refractivity contribution in [2.75, 3.05) is 6.54 Å². The molecule has 18 heavy (non-hydrogen) atoms. The lowest BCUT2D eigenvalue weighted by Gasteiger charge is -2.22. The molecule has 1 N–H and O–H groups in total. The third-order valence-electron chi connectivity index (χ3n) is 3.73. The van der Waals surface area contributed by atoms with Crippen LogP contribution in [0.2, 0.25) is 0 Å². The SMILES string of the molecule is CCCN1C(=O)C(C(C)CC)NC1c1ccsc1. The largest absolute Gasteiger partial charge is 0.322 e. The summed E-state index contributed by atoms with van der Waals surface area (Å²) in [5, 5.41) is 7.71. The first-order valence-electron chi connectivity index (χ1n) is 6.77. The molecular weight excluding hydrogens is 244 g/mol. The molecule has 0 bridgehead atoms. The normalized spacial score (nSPS) is 25.7. The lowest BCUT2D eigenvalue weighted by Crippen LogP contribution is -2.35. The second-order valence-corrected chi connectivity index (χ2v) is 5.80. The van der Waals surface area contributed by atoms with Crippen LogP contribution in [0.3, 0.4) is 0 Å². The first-order chi connectivity index (χ1) is 8.69. The molecule has 0 aliphatic carbocycles. The van der Waals surface area contributed by atoms with E-state index in [-0.39, 0.29) is 18.1 Å². The van der Waals surface area contributed by atoms with Crippen molar-refractivity contribution in [3.8, 4) is 0 Å². The molecule has 3 atom stereocenters. The molecule has 2 rings (SSSR count). The summed E-state index contributed by atoms with van der Waals surface area (Å²) in [5.74, 6) is 0.655. The summed E-state index contributed by atoms with van der Waals surface area (Å²) in [6, 6.07) is 2.09. The smallest absolute Gasteiger partial charge is 0.241 e. The van der Waals surface area contributed by atoms with Gasteiger partial charge in [-0.2, -0.15) is 11.3 Å². The second-order valence-electron chi connectivity index (χ2n) is 5.02. The van der Waals surface area contributed by atoms with Gasteiger partial charge >= 0.3 is 0 Å². The Morgan fingerprint density at radius 2 is 2.28 bits per heavy atom. The van der Waals surface area contributed by atoms with Gasteiger partial charge in [-0.05, 0) is 34.7 Å². The Morgan fingerprint density at radius 3 is 2.83 bits per heavy atom. The van der Waals surface area contributed by atoms with Gasteiger partial charge in [0.1, 0.15) is 6.17 Å². The maximum absolute atomic E-state index is 12.5. The molecule has 3 nitrogen and oxygen atoms in total. The number of thiophene rings is 1. The molecule has 0 aromatic carbocycles. The van der Waals surface area contributed by atoms with Crippen LogP contribution < -0.4 is 5.32 Å². The van der Waals surface area contributed by atoms with E-state index in [9.17, 15) is 4.79 Å². The molecule has 1 aromatic rings. The second kappa shape index (κ2) is 5.85.